The zero-order chi connectivity index (χ0) is 20.3. The highest BCUT2D eigenvalue weighted by molar-refractivity contribution is 6.12. The molecule has 7 heteroatoms. The molecule has 0 bridgehead atoms. The number of aromatic nitrogens is 1. The molecule has 0 aliphatic carbocycles. The number of benzene rings is 2. The maximum atomic E-state index is 10.6. The third-order valence-electron chi connectivity index (χ3n) is 3.75. The second-order valence-electron chi connectivity index (χ2n) is 5.89. The first kappa shape index (κ1) is 19.9. The van der Waals surface area contributed by atoms with Gasteiger partial charge in [-0.15, -0.1) is 0 Å². The van der Waals surface area contributed by atoms with Gasteiger partial charge in [0.1, 0.15) is 23.8 Å². The van der Waals surface area contributed by atoms with Crippen molar-refractivity contribution in [3.63, 3.8) is 0 Å². The number of ether oxygens (including phenoxy) is 2. The van der Waals surface area contributed by atoms with E-state index in [1.165, 1.54) is 0 Å². The highest BCUT2D eigenvalue weighted by atomic mass is 16.6. The van der Waals surface area contributed by atoms with Crippen LogP contribution in [0, 0.1) is 0 Å². The van der Waals surface area contributed by atoms with Crippen LogP contribution in [-0.4, -0.2) is 41.6 Å². The maximum absolute atomic E-state index is 10.6. The highest BCUT2D eigenvalue weighted by Crippen LogP contribution is 2.19. The Morgan fingerprint density at radius 2 is 1.66 bits per heavy atom. The van der Waals surface area contributed by atoms with Crippen molar-refractivity contribution >= 4 is 11.7 Å². The number of carbonyl (C=O) groups is 1. The fourth-order valence-electron chi connectivity index (χ4n) is 2.48. The lowest BCUT2D eigenvalue weighted by atomic mass is 10.0. The molecule has 1 heterocycles. The van der Waals surface area contributed by atoms with Crippen LogP contribution in [0.4, 0.5) is 0 Å². The first-order valence-electron chi connectivity index (χ1n) is 8.95. The summed E-state index contributed by atoms with van der Waals surface area (Å²) in [5, 5.41) is 12.9. The van der Waals surface area contributed by atoms with Crippen LogP contribution in [0.1, 0.15) is 11.1 Å². The second kappa shape index (κ2) is 10.5. The standard InChI is InChI=1S/C22H20N2O5/c25-21(26)16-28-20-10-4-9-19(14-20)27-12-13-29-24-22(17-6-2-1-3-7-17)18-8-5-11-23-15-18/h1-11,14-15H,12-13,16H2,(H,25,26)/b24-22-. The van der Waals surface area contributed by atoms with Crippen molar-refractivity contribution in [2.24, 2.45) is 5.16 Å². The van der Waals surface area contributed by atoms with Gasteiger partial charge in [0.2, 0.25) is 0 Å². The predicted molar refractivity (Wildman–Crippen MR) is 107 cm³/mol. The van der Waals surface area contributed by atoms with E-state index in [0.717, 1.165) is 11.1 Å². The van der Waals surface area contributed by atoms with E-state index >= 15 is 0 Å². The second-order valence-corrected chi connectivity index (χ2v) is 5.89. The van der Waals surface area contributed by atoms with Crippen molar-refractivity contribution in [2.45, 2.75) is 0 Å². The number of hydrogen-bond acceptors (Lipinski definition) is 6. The molecule has 1 N–H and O–H groups in total. The quantitative estimate of drug-likeness (QED) is 0.323. The molecule has 0 aliphatic rings. The maximum Gasteiger partial charge on any atom is 0.341 e. The first-order valence-corrected chi connectivity index (χ1v) is 8.95. The number of aliphatic carboxylic acids is 1. The number of oxime groups is 1. The van der Waals surface area contributed by atoms with E-state index in [4.69, 9.17) is 19.4 Å². The van der Waals surface area contributed by atoms with Crippen LogP contribution >= 0.6 is 0 Å². The predicted octanol–water partition coefficient (Wildman–Crippen LogP) is 3.39. The van der Waals surface area contributed by atoms with Gasteiger partial charge in [-0.1, -0.05) is 41.6 Å². The van der Waals surface area contributed by atoms with Crippen molar-refractivity contribution in [2.75, 3.05) is 19.8 Å². The van der Waals surface area contributed by atoms with E-state index in [0.29, 0.717) is 17.2 Å². The Kier molecular flexibility index (Phi) is 7.17. The third kappa shape index (κ3) is 6.35. The van der Waals surface area contributed by atoms with E-state index in [1.807, 2.05) is 42.5 Å². The minimum Gasteiger partial charge on any atom is -0.490 e. The molecule has 0 aliphatic heterocycles. The zero-order valence-electron chi connectivity index (χ0n) is 15.6. The van der Waals surface area contributed by atoms with Crippen molar-refractivity contribution in [3.8, 4) is 11.5 Å². The van der Waals surface area contributed by atoms with Crippen LogP contribution in [0.15, 0.2) is 84.3 Å². The molecule has 2 aromatic carbocycles. The molecule has 3 aromatic rings. The molecule has 0 amide bonds. The first-order chi connectivity index (χ1) is 14.2. The molecule has 1 aromatic heterocycles. The van der Waals surface area contributed by atoms with Gasteiger partial charge in [-0.25, -0.2) is 4.79 Å². The molecular formula is C22H20N2O5. The summed E-state index contributed by atoms with van der Waals surface area (Å²) < 4.78 is 10.7. The van der Waals surface area contributed by atoms with E-state index < -0.39 is 12.6 Å². The SMILES string of the molecule is O=C(O)COc1cccc(OCCO/N=C(/c2ccccc2)c2cccnc2)c1. The summed E-state index contributed by atoms with van der Waals surface area (Å²) in [6.45, 7) is 0.0929. The number of hydrogen-bond donors (Lipinski definition) is 1. The van der Waals surface area contributed by atoms with Gasteiger partial charge in [-0.05, 0) is 24.3 Å². The highest BCUT2D eigenvalue weighted by Gasteiger charge is 2.08. The largest absolute Gasteiger partial charge is 0.490 e. The Labute approximate surface area is 168 Å². The molecule has 148 valence electrons. The summed E-state index contributed by atoms with van der Waals surface area (Å²) in [6.07, 6.45) is 3.43. The van der Waals surface area contributed by atoms with Gasteiger partial charge in [0.05, 0.1) is 0 Å². The van der Waals surface area contributed by atoms with Crippen molar-refractivity contribution in [1.29, 1.82) is 0 Å². The lowest BCUT2D eigenvalue weighted by Gasteiger charge is -2.09. The number of nitrogens with zero attached hydrogens (tertiary/aromatic N) is 2. The molecule has 0 unspecified atom stereocenters. The van der Waals surface area contributed by atoms with Crippen LogP contribution in [-0.2, 0) is 9.63 Å². The van der Waals surface area contributed by atoms with Gasteiger partial charge in [-0.2, -0.15) is 0 Å². The molecule has 0 spiro atoms. The van der Waals surface area contributed by atoms with Crippen LogP contribution < -0.4 is 9.47 Å². The zero-order valence-corrected chi connectivity index (χ0v) is 15.6. The molecular weight excluding hydrogens is 372 g/mol. The molecule has 7 nitrogen and oxygen atoms in total. The summed E-state index contributed by atoms with van der Waals surface area (Å²) in [5.41, 5.74) is 2.45. The summed E-state index contributed by atoms with van der Waals surface area (Å²) in [5.74, 6) is -0.0618. The Morgan fingerprint density at radius 1 is 0.897 bits per heavy atom. The van der Waals surface area contributed by atoms with Crippen molar-refractivity contribution in [3.05, 3.63) is 90.3 Å². The van der Waals surface area contributed by atoms with Crippen molar-refractivity contribution < 1.29 is 24.2 Å². The summed E-state index contributed by atoms with van der Waals surface area (Å²) in [7, 11) is 0. The third-order valence-corrected chi connectivity index (χ3v) is 3.75. The lowest BCUT2D eigenvalue weighted by molar-refractivity contribution is -0.139. The van der Waals surface area contributed by atoms with Gasteiger partial charge < -0.3 is 19.4 Å². The average Bonchev–Trinajstić information content (AvgIpc) is 2.76. The Morgan fingerprint density at radius 3 is 2.38 bits per heavy atom. The number of carboxylic acids is 1. The molecule has 0 fully saturated rings. The van der Waals surface area contributed by atoms with Gasteiger partial charge in [0.15, 0.2) is 13.2 Å². The van der Waals surface area contributed by atoms with Crippen LogP contribution in [0.2, 0.25) is 0 Å². The molecule has 29 heavy (non-hydrogen) atoms. The molecule has 0 saturated heterocycles. The number of pyridine rings is 1. The summed E-state index contributed by atoms with van der Waals surface area (Å²) >= 11 is 0. The van der Waals surface area contributed by atoms with E-state index in [-0.39, 0.29) is 13.2 Å². The number of carboxylic acid groups (broad SMARTS) is 1. The topological polar surface area (TPSA) is 90.2 Å². The smallest absolute Gasteiger partial charge is 0.341 e. The van der Waals surface area contributed by atoms with Gasteiger partial charge in [0.25, 0.3) is 0 Å². The Hall–Kier alpha value is -3.87. The van der Waals surface area contributed by atoms with E-state index in [9.17, 15) is 4.79 Å². The van der Waals surface area contributed by atoms with Gasteiger partial charge in [-0.3, -0.25) is 4.98 Å². The number of rotatable bonds is 10. The average molecular weight is 392 g/mol. The van der Waals surface area contributed by atoms with E-state index in [2.05, 4.69) is 10.1 Å². The summed E-state index contributed by atoms with van der Waals surface area (Å²) in [4.78, 5) is 20.2. The fraction of sp³-hybridized carbons (Fsp3) is 0.136. The fourth-order valence-corrected chi connectivity index (χ4v) is 2.48. The minimum absolute atomic E-state index is 0.233. The van der Waals surface area contributed by atoms with Crippen LogP contribution in [0.3, 0.4) is 0 Å². The van der Waals surface area contributed by atoms with Gasteiger partial charge >= 0.3 is 5.97 Å². The Balaban J connectivity index is 1.57. The van der Waals surface area contributed by atoms with Crippen LogP contribution in [0.5, 0.6) is 11.5 Å². The monoisotopic (exact) mass is 392 g/mol. The van der Waals surface area contributed by atoms with Gasteiger partial charge in [0, 0.05) is 29.6 Å². The van der Waals surface area contributed by atoms with Crippen LogP contribution in [0.25, 0.3) is 0 Å². The minimum atomic E-state index is -1.04. The molecule has 0 radical (unpaired) electrons. The summed E-state index contributed by atoms with van der Waals surface area (Å²) in [6, 6.07) is 20.2. The molecule has 0 atom stereocenters. The van der Waals surface area contributed by atoms with E-state index in [1.54, 1.807) is 36.7 Å². The normalized spacial score (nSPS) is 11.0. The molecule has 0 saturated carbocycles. The lowest BCUT2D eigenvalue weighted by Crippen LogP contribution is -2.10. The van der Waals surface area contributed by atoms with Crippen molar-refractivity contribution in [1.82, 2.24) is 4.98 Å². The Bertz CT molecular complexity index is 904. The molecule has 3 rings (SSSR count).